The van der Waals surface area contributed by atoms with Crippen molar-refractivity contribution in [3.05, 3.63) is 58.8 Å². The summed E-state index contributed by atoms with van der Waals surface area (Å²) in [7, 11) is 3.38. The van der Waals surface area contributed by atoms with Gasteiger partial charge in [0.2, 0.25) is 0 Å². The fourth-order valence-corrected chi connectivity index (χ4v) is 4.38. The van der Waals surface area contributed by atoms with E-state index in [2.05, 4.69) is 48.9 Å². The Bertz CT molecular complexity index is 962. The number of hydrogen-bond donors (Lipinski definition) is 0. The molecule has 1 saturated heterocycles. The minimum Gasteiger partial charge on any atom is -0.497 e. The Kier molecular flexibility index (Phi) is 5.69. The number of hydrogen-bond acceptors (Lipinski definition) is 5. The topological polar surface area (TPSA) is 37.8 Å². The lowest BCUT2D eigenvalue weighted by molar-refractivity contribution is 0.233. The van der Waals surface area contributed by atoms with Crippen LogP contribution in [0.1, 0.15) is 12.0 Å². The van der Waals surface area contributed by atoms with Crippen molar-refractivity contribution < 1.29 is 9.47 Å². The monoisotopic (exact) mass is 441 g/mol. The van der Waals surface area contributed by atoms with Crippen molar-refractivity contribution in [2.75, 3.05) is 38.9 Å². The third-order valence-corrected chi connectivity index (χ3v) is 6.04. The molecule has 146 valence electrons. The molecule has 4 rings (SSSR count). The van der Waals surface area contributed by atoms with E-state index in [1.165, 1.54) is 16.6 Å². The van der Waals surface area contributed by atoms with Gasteiger partial charge in [-0.15, -0.1) is 0 Å². The highest BCUT2D eigenvalue weighted by molar-refractivity contribution is 9.10. The largest absolute Gasteiger partial charge is 0.497 e. The summed E-state index contributed by atoms with van der Waals surface area (Å²) >= 11 is 3.66. The maximum atomic E-state index is 5.43. The highest BCUT2D eigenvalue weighted by atomic mass is 79.9. The van der Waals surface area contributed by atoms with E-state index in [-0.39, 0.29) is 0 Å². The molecule has 0 saturated carbocycles. The van der Waals surface area contributed by atoms with Gasteiger partial charge in [0.25, 0.3) is 0 Å². The number of nitrogens with zero attached hydrogens (tertiary/aromatic N) is 3. The van der Waals surface area contributed by atoms with Crippen LogP contribution in [0.15, 0.2) is 53.3 Å². The van der Waals surface area contributed by atoms with Crippen LogP contribution in [-0.4, -0.2) is 43.9 Å². The highest BCUT2D eigenvalue weighted by Crippen LogP contribution is 2.37. The fourth-order valence-electron chi connectivity index (χ4n) is 3.77. The normalized spacial score (nSPS) is 15.0. The number of methoxy groups -OCH3 is 2. The third kappa shape index (κ3) is 3.80. The lowest BCUT2D eigenvalue weighted by atomic mass is 10.1. The van der Waals surface area contributed by atoms with Crippen LogP contribution in [0.4, 0.5) is 5.69 Å². The minimum absolute atomic E-state index is 0.825. The molecular formula is C22H24BrN3O2. The second-order valence-corrected chi connectivity index (χ2v) is 7.79. The molecule has 0 radical (unpaired) electrons. The molecule has 0 aliphatic carbocycles. The van der Waals surface area contributed by atoms with Gasteiger partial charge in [-0.3, -0.25) is 9.88 Å². The van der Waals surface area contributed by atoms with Crippen LogP contribution < -0.4 is 14.4 Å². The lowest BCUT2D eigenvalue weighted by Crippen LogP contribution is -2.44. The van der Waals surface area contributed by atoms with Crippen LogP contribution >= 0.6 is 15.9 Å². The lowest BCUT2D eigenvalue weighted by Gasteiger charge is -2.37. The number of rotatable bonds is 5. The number of pyridine rings is 1. The number of benzene rings is 2. The van der Waals surface area contributed by atoms with Crippen molar-refractivity contribution in [2.24, 2.45) is 0 Å². The Balaban J connectivity index is 1.56. The van der Waals surface area contributed by atoms with Crippen LogP contribution in [0.25, 0.3) is 10.8 Å². The highest BCUT2D eigenvalue weighted by Gasteiger charge is 2.20. The smallest absolute Gasteiger partial charge is 0.133 e. The first-order valence-corrected chi connectivity index (χ1v) is 10.2. The van der Waals surface area contributed by atoms with E-state index in [4.69, 9.17) is 9.47 Å². The third-order valence-electron chi connectivity index (χ3n) is 5.22. The zero-order valence-corrected chi connectivity index (χ0v) is 17.8. The first-order chi connectivity index (χ1) is 13.7. The summed E-state index contributed by atoms with van der Waals surface area (Å²) < 4.78 is 11.6. The van der Waals surface area contributed by atoms with Gasteiger partial charge in [0.05, 0.1) is 37.2 Å². The molecule has 0 atom stereocenters. The summed E-state index contributed by atoms with van der Waals surface area (Å²) in [5, 5.41) is 2.26. The van der Waals surface area contributed by atoms with Crippen LogP contribution in [-0.2, 0) is 6.54 Å². The van der Waals surface area contributed by atoms with Gasteiger partial charge in [0.15, 0.2) is 0 Å². The Hall–Kier alpha value is -2.31. The van der Waals surface area contributed by atoms with Gasteiger partial charge in [-0.05, 0) is 52.2 Å². The molecule has 2 aromatic carbocycles. The van der Waals surface area contributed by atoms with Crippen molar-refractivity contribution in [3.63, 3.8) is 0 Å². The van der Waals surface area contributed by atoms with E-state index in [1.54, 1.807) is 14.2 Å². The molecule has 0 bridgehead atoms. The van der Waals surface area contributed by atoms with E-state index in [9.17, 15) is 0 Å². The zero-order chi connectivity index (χ0) is 19.5. The molecule has 3 aromatic rings. The standard InChI is InChI=1S/C22H24BrN3O2/c1-27-17-6-4-16(5-7-17)14-25-10-3-11-26(15-25)20-13-24-12-19-18(20)8-9-21(28-2)22(19)23/h4-9,12-13H,3,10-11,14-15H2,1-2H3. The van der Waals surface area contributed by atoms with Gasteiger partial charge >= 0.3 is 0 Å². The Labute approximate surface area is 174 Å². The molecule has 1 aliphatic heterocycles. The van der Waals surface area contributed by atoms with Gasteiger partial charge in [-0.1, -0.05) is 12.1 Å². The summed E-state index contributed by atoms with van der Waals surface area (Å²) in [6.07, 6.45) is 4.99. The van der Waals surface area contributed by atoms with Crippen LogP contribution in [0.2, 0.25) is 0 Å². The van der Waals surface area contributed by atoms with Crippen molar-refractivity contribution >= 4 is 32.4 Å². The predicted octanol–water partition coefficient (Wildman–Crippen LogP) is 4.68. The van der Waals surface area contributed by atoms with Gasteiger partial charge in [-0.2, -0.15) is 0 Å². The second kappa shape index (κ2) is 8.37. The number of aromatic nitrogens is 1. The Morgan fingerprint density at radius 2 is 1.79 bits per heavy atom. The van der Waals surface area contributed by atoms with Gasteiger partial charge in [0.1, 0.15) is 11.5 Å². The summed E-state index contributed by atoms with van der Waals surface area (Å²) in [5.74, 6) is 1.72. The van der Waals surface area contributed by atoms with E-state index in [1.807, 2.05) is 30.6 Å². The predicted molar refractivity (Wildman–Crippen MR) is 116 cm³/mol. The van der Waals surface area contributed by atoms with Gasteiger partial charge < -0.3 is 14.4 Å². The average Bonchev–Trinajstić information content (AvgIpc) is 2.74. The molecule has 1 fully saturated rings. The van der Waals surface area contributed by atoms with Gasteiger partial charge in [-0.25, -0.2) is 0 Å². The molecule has 28 heavy (non-hydrogen) atoms. The fraction of sp³-hybridized carbons (Fsp3) is 0.318. The summed E-state index contributed by atoms with van der Waals surface area (Å²) in [5.41, 5.74) is 2.46. The Morgan fingerprint density at radius 1 is 0.964 bits per heavy atom. The second-order valence-electron chi connectivity index (χ2n) is 6.99. The molecule has 0 N–H and O–H groups in total. The Morgan fingerprint density at radius 3 is 2.54 bits per heavy atom. The number of halogens is 1. The zero-order valence-electron chi connectivity index (χ0n) is 16.2. The maximum absolute atomic E-state index is 5.43. The summed E-state index contributed by atoms with van der Waals surface area (Å²) in [4.78, 5) is 9.39. The maximum Gasteiger partial charge on any atom is 0.133 e. The van der Waals surface area contributed by atoms with E-state index in [0.717, 1.165) is 54.1 Å². The molecule has 0 amide bonds. The molecule has 0 spiro atoms. The molecule has 6 heteroatoms. The van der Waals surface area contributed by atoms with Gasteiger partial charge in [0, 0.05) is 36.6 Å². The number of ether oxygens (including phenoxy) is 2. The molecule has 2 heterocycles. The molecule has 1 aromatic heterocycles. The first-order valence-electron chi connectivity index (χ1n) is 9.40. The molecule has 0 unspecified atom stereocenters. The summed E-state index contributed by atoms with van der Waals surface area (Å²) in [6, 6.07) is 12.5. The van der Waals surface area contributed by atoms with Crippen LogP contribution in [0.5, 0.6) is 11.5 Å². The SMILES string of the molecule is COc1ccc(CN2CCCN(c3cncc4c(Br)c(OC)ccc34)C2)cc1. The molecule has 5 nitrogen and oxygen atoms in total. The van der Waals surface area contributed by atoms with E-state index >= 15 is 0 Å². The van der Waals surface area contributed by atoms with Crippen molar-refractivity contribution in [1.29, 1.82) is 0 Å². The van der Waals surface area contributed by atoms with Crippen molar-refractivity contribution in [3.8, 4) is 11.5 Å². The van der Waals surface area contributed by atoms with Crippen molar-refractivity contribution in [2.45, 2.75) is 13.0 Å². The van der Waals surface area contributed by atoms with E-state index < -0.39 is 0 Å². The minimum atomic E-state index is 0.825. The summed E-state index contributed by atoms with van der Waals surface area (Å²) in [6.45, 7) is 3.94. The van der Waals surface area contributed by atoms with Crippen molar-refractivity contribution in [1.82, 2.24) is 9.88 Å². The van der Waals surface area contributed by atoms with Crippen LogP contribution in [0.3, 0.4) is 0 Å². The van der Waals surface area contributed by atoms with E-state index in [0.29, 0.717) is 0 Å². The first kappa shape index (κ1) is 19.0. The molecular weight excluding hydrogens is 418 g/mol. The average molecular weight is 442 g/mol. The number of anilines is 1. The molecule has 1 aliphatic rings. The van der Waals surface area contributed by atoms with Crippen LogP contribution in [0, 0.1) is 0 Å². The number of fused-ring (bicyclic) bond motifs is 1. The quantitative estimate of drug-likeness (QED) is 0.574.